The fourth-order valence-electron chi connectivity index (χ4n) is 1.79. The third-order valence-electron chi connectivity index (χ3n) is 2.95. The fourth-order valence-corrected chi connectivity index (χ4v) is 3.46. The van der Waals surface area contributed by atoms with Crippen molar-refractivity contribution in [2.24, 2.45) is 5.73 Å². The van der Waals surface area contributed by atoms with Gasteiger partial charge in [-0.3, -0.25) is 9.78 Å². The van der Waals surface area contributed by atoms with Gasteiger partial charge in [0.15, 0.2) is 9.84 Å². The molecule has 1 aromatic heterocycles. The lowest BCUT2D eigenvalue weighted by atomic mass is 10.1. The minimum Gasteiger partial charge on any atom is -0.370 e. The predicted molar refractivity (Wildman–Crippen MR) is 66.6 cm³/mol. The Kier molecular flexibility index (Phi) is 3.65. The molecular weight excluding hydrogens is 252 g/mol. The summed E-state index contributed by atoms with van der Waals surface area (Å²) >= 11 is 0. The lowest BCUT2D eigenvalue weighted by Gasteiger charge is -2.05. The van der Waals surface area contributed by atoms with Crippen LogP contribution in [0.2, 0.25) is 0 Å². The van der Waals surface area contributed by atoms with Gasteiger partial charge in [-0.05, 0) is 37.3 Å². The molecule has 6 heteroatoms. The monoisotopic (exact) mass is 268 g/mol. The van der Waals surface area contributed by atoms with Crippen LogP contribution in [0.15, 0.2) is 23.4 Å². The van der Waals surface area contributed by atoms with E-state index in [2.05, 4.69) is 4.98 Å². The van der Waals surface area contributed by atoms with Crippen molar-refractivity contribution in [1.29, 1.82) is 0 Å². The van der Waals surface area contributed by atoms with Crippen molar-refractivity contribution < 1.29 is 13.2 Å². The normalized spacial score (nSPS) is 15.6. The summed E-state index contributed by atoms with van der Waals surface area (Å²) < 4.78 is 24.0. The maximum Gasteiger partial charge on any atom is 0.217 e. The van der Waals surface area contributed by atoms with Crippen LogP contribution in [0.5, 0.6) is 0 Å². The molecule has 18 heavy (non-hydrogen) atoms. The van der Waals surface area contributed by atoms with Gasteiger partial charge in [0.25, 0.3) is 0 Å². The number of aromatic nitrogens is 1. The van der Waals surface area contributed by atoms with Gasteiger partial charge in [-0.25, -0.2) is 8.42 Å². The second-order valence-electron chi connectivity index (χ2n) is 4.59. The lowest BCUT2D eigenvalue weighted by Crippen LogP contribution is -2.10. The van der Waals surface area contributed by atoms with Crippen LogP contribution in [-0.4, -0.2) is 24.6 Å². The van der Waals surface area contributed by atoms with Gasteiger partial charge in [-0.15, -0.1) is 0 Å². The highest BCUT2D eigenvalue weighted by atomic mass is 32.2. The zero-order valence-electron chi connectivity index (χ0n) is 10.0. The number of amides is 1. The number of aryl methyl sites for hydroxylation is 1. The Hall–Kier alpha value is -1.43. The number of sulfone groups is 1. The standard InChI is InChI=1S/C12H16N2O3S/c13-12(15)3-1-2-9-6-11(8-14-7-9)18(16,17)10-4-5-10/h6-8,10H,1-5H2,(H2,13,15). The molecule has 1 aromatic rings. The Balaban J connectivity index is 2.08. The smallest absolute Gasteiger partial charge is 0.217 e. The maximum absolute atomic E-state index is 12.0. The zero-order chi connectivity index (χ0) is 13.2. The summed E-state index contributed by atoms with van der Waals surface area (Å²) in [5.41, 5.74) is 5.88. The summed E-state index contributed by atoms with van der Waals surface area (Å²) in [6, 6.07) is 1.65. The van der Waals surface area contributed by atoms with Gasteiger partial charge >= 0.3 is 0 Å². The highest BCUT2D eigenvalue weighted by Crippen LogP contribution is 2.33. The van der Waals surface area contributed by atoms with Crippen molar-refractivity contribution in [2.75, 3.05) is 0 Å². The van der Waals surface area contributed by atoms with E-state index in [0.29, 0.717) is 24.2 Å². The molecule has 0 bridgehead atoms. The molecule has 2 rings (SSSR count). The second-order valence-corrected chi connectivity index (χ2v) is 6.82. The number of hydrogen-bond donors (Lipinski definition) is 1. The molecule has 0 unspecified atom stereocenters. The quantitative estimate of drug-likeness (QED) is 0.827. The number of carbonyl (C=O) groups is 1. The largest absolute Gasteiger partial charge is 0.370 e. The Bertz CT molecular complexity index is 550. The van der Waals surface area contributed by atoms with Crippen LogP contribution >= 0.6 is 0 Å². The van der Waals surface area contributed by atoms with Gasteiger partial charge in [-0.1, -0.05) is 0 Å². The summed E-state index contributed by atoms with van der Waals surface area (Å²) in [6.45, 7) is 0. The molecule has 1 saturated carbocycles. The first kappa shape index (κ1) is 13.0. The molecule has 1 aliphatic rings. The summed E-state index contributed by atoms with van der Waals surface area (Å²) in [5.74, 6) is -0.343. The highest BCUT2D eigenvalue weighted by molar-refractivity contribution is 7.92. The SMILES string of the molecule is NC(=O)CCCc1cncc(S(=O)(=O)C2CC2)c1. The van der Waals surface area contributed by atoms with Gasteiger partial charge in [-0.2, -0.15) is 0 Å². The first-order valence-electron chi connectivity index (χ1n) is 5.96. The van der Waals surface area contributed by atoms with E-state index < -0.39 is 9.84 Å². The Morgan fingerprint density at radius 2 is 2.11 bits per heavy atom. The summed E-state index contributed by atoms with van der Waals surface area (Å²) in [5, 5.41) is -0.222. The molecule has 1 fully saturated rings. The molecule has 1 aliphatic carbocycles. The van der Waals surface area contributed by atoms with Crippen molar-refractivity contribution in [3.8, 4) is 0 Å². The number of nitrogens with two attached hydrogens (primary N) is 1. The molecular formula is C12H16N2O3S. The van der Waals surface area contributed by atoms with E-state index in [1.807, 2.05) is 0 Å². The molecule has 98 valence electrons. The minimum absolute atomic E-state index is 0.222. The van der Waals surface area contributed by atoms with Crippen molar-refractivity contribution in [3.63, 3.8) is 0 Å². The van der Waals surface area contributed by atoms with E-state index in [1.54, 1.807) is 12.3 Å². The van der Waals surface area contributed by atoms with Crippen LogP contribution < -0.4 is 5.73 Å². The second kappa shape index (κ2) is 5.06. The maximum atomic E-state index is 12.0. The Labute approximate surface area is 106 Å². The number of nitrogens with zero attached hydrogens (tertiary/aromatic N) is 1. The van der Waals surface area contributed by atoms with Gasteiger partial charge < -0.3 is 5.73 Å². The van der Waals surface area contributed by atoms with Crippen LogP contribution in [0.25, 0.3) is 0 Å². The first-order valence-corrected chi connectivity index (χ1v) is 7.51. The van der Waals surface area contributed by atoms with E-state index in [9.17, 15) is 13.2 Å². The van der Waals surface area contributed by atoms with Crippen LogP contribution in [0.1, 0.15) is 31.2 Å². The summed E-state index contributed by atoms with van der Waals surface area (Å²) in [7, 11) is -3.18. The fraction of sp³-hybridized carbons (Fsp3) is 0.500. The molecule has 1 heterocycles. The molecule has 5 nitrogen and oxygen atoms in total. The average molecular weight is 268 g/mol. The van der Waals surface area contributed by atoms with Crippen molar-refractivity contribution in [1.82, 2.24) is 4.98 Å². The molecule has 0 atom stereocenters. The molecule has 0 spiro atoms. The zero-order valence-corrected chi connectivity index (χ0v) is 10.8. The van der Waals surface area contributed by atoms with Gasteiger partial charge in [0.1, 0.15) is 0 Å². The predicted octanol–water partition coefficient (Wildman–Crippen LogP) is 0.826. The molecule has 1 amide bonds. The van der Waals surface area contributed by atoms with Crippen LogP contribution in [-0.2, 0) is 21.1 Å². The third kappa shape index (κ3) is 3.07. The average Bonchev–Trinajstić information content (AvgIpc) is 3.13. The molecule has 0 saturated heterocycles. The summed E-state index contributed by atoms with van der Waals surface area (Å²) in [4.78, 5) is 14.9. The van der Waals surface area contributed by atoms with Crippen molar-refractivity contribution in [3.05, 3.63) is 24.0 Å². The van der Waals surface area contributed by atoms with E-state index in [-0.39, 0.29) is 11.2 Å². The molecule has 0 radical (unpaired) electrons. The molecule has 0 aromatic carbocycles. The van der Waals surface area contributed by atoms with E-state index in [0.717, 1.165) is 18.4 Å². The number of primary amides is 1. The van der Waals surface area contributed by atoms with E-state index in [1.165, 1.54) is 6.20 Å². The van der Waals surface area contributed by atoms with Crippen LogP contribution in [0.4, 0.5) is 0 Å². The number of carbonyl (C=O) groups excluding carboxylic acids is 1. The van der Waals surface area contributed by atoms with Gasteiger partial charge in [0, 0.05) is 18.8 Å². The number of pyridine rings is 1. The Morgan fingerprint density at radius 1 is 1.39 bits per heavy atom. The third-order valence-corrected chi connectivity index (χ3v) is 5.18. The van der Waals surface area contributed by atoms with Gasteiger partial charge in [0.2, 0.25) is 5.91 Å². The molecule has 0 aliphatic heterocycles. The van der Waals surface area contributed by atoms with Crippen LogP contribution in [0, 0.1) is 0 Å². The van der Waals surface area contributed by atoms with E-state index in [4.69, 9.17) is 5.73 Å². The first-order chi connectivity index (χ1) is 8.50. The minimum atomic E-state index is -3.18. The van der Waals surface area contributed by atoms with E-state index >= 15 is 0 Å². The van der Waals surface area contributed by atoms with Gasteiger partial charge in [0.05, 0.1) is 10.1 Å². The molecule has 2 N–H and O–H groups in total. The number of rotatable bonds is 6. The van der Waals surface area contributed by atoms with Crippen LogP contribution in [0.3, 0.4) is 0 Å². The summed E-state index contributed by atoms with van der Waals surface area (Å²) in [6.07, 6.45) is 6.05. The van der Waals surface area contributed by atoms with Crippen molar-refractivity contribution >= 4 is 15.7 Å². The Morgan fingerprint density at radius 3 is 2.72 bits per heavy atom. The number of hydrogen-bond acceptors (Lipinski definition) is 4. The lowest BCUT2D eigenvalue weighted by molar-refractivity contribution is -0.118. The topological polar surface area (TPSA) is 90.1 Å². The van der Waals surface area contributed by atoms with Crippen molar-refractivity contribution in [2.45, 2.75) is 42.2 Å². The highest BCUT2D eigenvalue weighted by Gasteiger charge is 2.37.